The van der Waals surface area contributed by atoms with Crippen LogP contribution in [0.5, 0.6) is 0 Å². The Morgan fingerprint density at radius 3 is 2.67 bits per heavy atom. The van der Waals surface area contributed by atoms with E-state index in [1.54, 1.807) is 0 Å². The van der Waals surface area contributed by atoms with Gasteiger partial charge in [0.25, 0.3) is 0 Å². The molecule has 0 bridgehead atoms. The zero-order valence-electron chi connectivity index (χ0n) is 12.3. The van der Waals surface area contributed by atoms with Crippen LogP contribution in [0.3, 0.4) is 0 Å². The largest absolute Gasteiger partial charge is 0.389 e. The molecule has 2 heteroatoms. The van der Waals surface area contributed by atoms with E-state index in [2.05, 4.69) is 19.9 Å². The average molecular weight is 251 g/mol. The van der Waals surface area contributed by atoms with Crippen LogP contribution < -0.4 is 0 Å². The van der Waals surface area contributed by atoms with Gasteiger partial charge in [-0.2, -0.15) is 5.26 Å². The van der Waals surface area contributed by atoms with E-state index in [4.69, 9.17) is 0 Å². The monoisotopic (exact) mass is 251 g/mol. The van der Waals surface area contributed by atoms with E-state index in [1.807, 2.05) is 6.92 Å². The van der Waals surface area contributed by atoms with Gasteiger partial charge in [-0.25, -0.2) is 0 Å². The first-order chi connectivity index (χ1) is 8.51. The van der Waals surface area contributed by atoms with E-state index in [0.29, 0.717) is 5.92 Å². The Balaban J connectivity index is 2.76. The molecular formula is C16H29NO. The molecule has 0 amide bonds. The molecule has 18 heavy (non-hydrogen) atoms. The zero-order chi connectivity index (χ0) is 13.6. The third-order valence-electron chi connectivity index (χ3n) is 4.94. The number of hydrogen-bond donors (Lipinski definition) is 1. The lowest BCUT2D eigenvalue weighted by atomic mass is 9.60. The first-order valence-electron chi connectivity index (χ1n) is 7.65. The van der Waals surface area contributed by atoms with Crippen LogP contribution in [0.25, 0.3) is 0 Å². The van der Waals surface area contributed by atoms with Gasteiger partial charge in [0.1, 0.15) is 0 Å². The van der Waals surface area contributed by atoms with E-state index in [9.17, 15) is 10.4 Å². The van der Waals surface area contributed by atoms with E-state index >= 15 is 0 Å². The summed E-state index contributed by atoms with van der Waals surface area (Å²) in [6, 6.07) is 2.50. The molecule has 0 spiro atoms. The van der Waals surface area contributed by atoms with Crippen molar-refractivity contribution in [1.29, 1.82) is 5.26 Å². The SMILES string of the molecule is CCCCCC(C)(O)C1(C#N)CCCC(CC)C1. The molecule has 1 aliphatic rings. The molecule has 1 rings (SSSR count). The lowest BCUT2D eigenvalue weighted by Gasteiger charge is -2.45. The smallest absolute Gasteiger partial charge is 0.0860 e. The molecule has 3 atom stereocenters. The van der Waals surface area contributed by atoms with Crippen molar-refractivity contribution in [2.45, 2.75) is 84.2 Å². The molecule has 1 N–H and O–H groups in total. The zero-order valence-corrected chi connectivity index (χ0v) is 12.3. The van der Waals surface area contributed by atoms with Crippen molar-refractivity contribution in [3.63, 3.8) is 0 Å². The highest BCUT2D eigenvalue weighted by atomic mass is 16.3. The number of nitrogens with zero attached hydrogens (tertiary/aromatic N) is 1. The summed E-state index contributed by atoms with van der Waals surface area (Å²) in [5.41, 5.74) is -1.32. The van der Waals surface area contributed by atoms with Crippen LogP contribution in [0, 0.1) is 22.7 Å². The van der Waals surface area contributed by atoms with E-state index < -0.39 is 11.0 Å². The van der Waals surface area contributed by atoms with Crippen LogP contribution in [-0.4, -0.2) is 10.7 Å². The van der Waals surface area contributed by atoms with Gasteiger partial charge in [0.05, 0.1) is 17.1 Å². The summed E-state index contributed by atoms with van der Waals surface area (Å²) < 4.78 is 0. The first-order valence-corrected chi connectivity index (χ1v) is 7.65. The van der Waals surface area contributed by atoms with Crippen LogP contribution >= 0.6 is 0 Å². The Labute approximate surface area is 112 Å². The lowest BCUT2D eigenvalue weighted by molar-refractivity contribution is -0.0749. The molecule has 1 fully saturated rings. The summed E-state index contributed by atoms with van der Waals surface area (Å²) in [5, 5.41) is 20.4. The highest BCUT2D eigenvalue weighted by molar-refractivity contribution is 5.11. The molecule has 0 saturated heterocycles. The topological polar surface area (TPSA) is 44.0 Å². The molecule has 0 heterocycles. The minimum Gasteiger partial charge on any atom is -0.389 e. The molecule has 1 saturated carbocycles. The second-order valence-electron chi connectivity index (χ2n) is 6.30. The van der Waals surface area contributed by atoms with Gasteiger partial charge in [-0.3, -0.25) is 0 Å². The molecule has 2 nitrogen and oxygen atoms in total. The molecule has 3 unspecified atom stereocenters. The Morgan fingerprint density at radius 1 is 1.39 bits per heavy atom. The Bertz CT molecular complexity index is 292. The summed E-state index contributed by atoms with van der Waals surface area (Å²) in [5.74, 6) is 0.621. The summed E-state index contributed by atoms with van der Waals surface area (Å²) in [7, 11) is 0. The summed E-state index contributed by atoms with van der Waals surface area (Å²) in [6.45, 7) is 6.26. The van der Waals surface area contributed by atoms with Gasteiger partial charge < -0.3 is 5.11 Å². The Kier molecular flexibility index (Phi) is 5.66. The fraction of sp³-hybridized carbons (Fsp3) is 0.938. The summed E-state index contributed by atoms with van der Waals surface area (Å²) >= 11 is 0. The molecule has 0 aromatic rings. The second kappa shape index (κ2) is 6.57. The number of nitriles is 1. The first kappa shape index (κ1) is 15.5. The van der Waals surface area contributed by atoms with Crippen LogP contribution in [0.4, 0.5) is 0 Å². The van der Waals surface area contributed by atoms with Gasteiger partial charge in [-0.15, -0.1) is 0 Å². The summed E-state index contributed by atoms with van der Waals surface area (Å²) in [4.78, 5) is 0. The van der Waals surface area contributed by atoms with E-state index in [1.165, 1.54) is 6.42 Å². The quantitative estimate of drug-likeness (QED) is 0.710. The van der Waals surface area contributed by atoms with Crippen molar-refractivity contribution in [2.75, 3.05) is 0 Å². The highest BCUT2D eigenvalue weighted by Gasteiger charge is 2.49. The van der Waals surface area contributed by atoms with Crippen LogP contribution in [-0.2, 0) is 0 Å². The molecule has 0 radical (unpaired) electrons. The number of rotatable bonds is 6. The molecule has 0 aliphatic heterocycles. The molecule has 104 valence electrons. The van der Waals surface area contributed by atoms with Crippen LogP contribution in [0.1, 0.15) is 78.6 Å². The predicted molar refractivity (Wildman–Crippen MR) is 75.1 cm³/mol. The Hall–Kier alpha value is -0.550. The van der Waals surface area contributed by atoms with Gasteiger partial charge >= 0.3 is 0 Å². The maximum Gasteiger partial charge on any atom is 0.0860 e. The molecule has 0 aromatic heterocycles. The van der Waals surface area contributed by atoms with Crippen molar-refractivity contribution in [3.05, 3.63) is 0 Å². The van der Waals surface area contributed by atoms with Gasteiger partial charge in [-0.05, 0) is 32.1 Å². The maximum absolute atomic E-state index is 10.8. The standard InChI is InChI=1S/C16H29NO/c1-4-6-7-10-15(3,18)16(13-17)11-8-9-14(5-2)12-16/h14,18H,4-12H2,1-3H3. The number of unbranched alkanes of at least 4 members (excludes halogenated alkanes) is 2. The van der Waals surface area contributed by atoms with Gasteiger partial charge in [0.2, 0.25) is 0 Å². The fourth-order valence-electron chi connectivity index (χ4n) is 3.41. The molecule has 1 aliphatic carbocycles. The van der Waals surface area contributed by atoms with Crippen molar-refractivity contribution in [1.82, 2.24) is 0 Å². The third kappa shape index (κ3) is 3.26. The number of aliphatic hydroxyl groups is 1. The summed E-state index contributed by atoms with van der Waals surface area (Å²) in [6.07, 6.45) is 9.32. The van der Waals surface area contributed by atoms with E-state index in [-0.39, 0.29) is 0 Å². The van der Waals surface area contributed by atoms with Crippen molar-refractivity contribution < 1.29 is 5.11 Å². The highest BCUT2D eigenvalue weighted by Crippen LogP contribution is 2.49. The fourth-order valence-corrected chi connectivity index (χ4v) is 3.41. The molecular weight excluding hydrogens is 222 g/mol. The second-order valence-corrected chi connectivity index (χ2v) is 6.30. The van der Waals surface area contributed by atoms with Gasteiger partial charge in [-0.1, -0.05) is 52.4 Å². The predicted octanol–water partition coefficient (Wildman–Crippen LogP) is 4.43. The number of hydrogen-bond acceptors (Lipinski definition) is 2. The maximum atomic E-state index is 10.8. The van der Waals surface area contributed by atoms with E-state index in [0.717, 1.165) is 51.4 Å². The minimum absolute atomic E-state index is 0.500. The van der Waals surface area contributed by atoms with Crippen LogP contribution in [0.15, 0.2) is 0 Å². The average Bonchev–Trinajstić information content (AvgIpc) is 2.38. The van der Waals surface area contributed by atoms with Crippen molar-refractivity contribution in [3.8, 4) is 6.07 Å². The van der Waals surface area contributed by atoms with Crippen LogP contribution in [0.2, 0.25) is 0 Å². The third-order valence-corrected chi connectivity index (χ3v) is 4.94. The van der Waals surface area contributed by atoms with Gasteiger partial charge in [0.15, 0.2) is 0 Å². The minimum atomic E-state index is -0.815. The van der Waals surface area contributed by atoms with Crippen molar-refractivity contribution in [2.24, 2.45) is 11.3 Å². The normalized spacial score (nSPS) is 31.6. The van der Waals surface area contributed by atoms with Gasteiger partial charge in [0, 0.05) is 0 Å². The lowest BCUT2D eigenvalue weighted by Crippen LogP contribution is -2.48. The van der Waals surface area contributed by atoms with Crippen molar-refractivity contribution >= 4 is 0 Å². The molecule has 0 aromatic carbocycles. The Morgan fingerprint density at radius 2 is 2.11 bits per heavy atom.